The van der Waals surface area contributed by atoms with Crippen molar-refractivity contribution in [3.05, 3.63) is 47.2 Å². The smallest absolute Gasteiger partial charge is 0.254 e. The van der Waals surface area contributed by atoms with E-state index in [2.05, 4.69) is 15.6 Å². The van der Waals surface area contributed by atoms with Crippen molar-refractivity contribution in [2.45, 2.75) is 4.90 Å². The maximum absolute atomic E-state index is 11.9. The van der Waals surface area contributed by atoms with Gasteiger partial charge in [-0.05, 0) is 29.4 Å². The number of carbonyl (C=O) groups excluding carboxylic acids is 1. The summed E-state index contributed by atoms with van der Waals surface area (Å²) < 4.78 is 11.8. The molecule has 0 aliphatic rings. The van der Waals surface area contributed by atoms with Crippen LogP contribution in [0.1, 0.15) is 10.4 Å². The third-order valence-electron chi connectivity index (χ3n) is 2.81. The highest BCUT2D eigenvalue weighted by atomic mass is 35.5. The molecule has 0 aliphatic carbocycles. The Morgan fingerprint density at radius 3 is 2.71 bits per heavy atom. The summed E-state index contributed by atoms with van der Waals surface area (Å²) in [5.74, 6) is -0.281. The van der Waals surface area contributed by atoms with Crippen LogP contribution < -0.4 is 10.6 Å². The topological polar surface area (TPSA) is 77.1 Å². The van der Waals surface area contributed by atoms with Crippen LogP contribution in [-0.2, 0) is 11.2 Å². The Kier molecular flexibility index (Phi) is 5.06. The maximum atomic E-state index is 11.9. The normalized spacial score (nSPS) is 11.8. The number of hydrogen-bond acceptors (Lipinski definition) is 4. The lowest BCUT2D eigenvalue weighted by Crippen LogP contribution is -2.19. The SMILES string of the molecule is CNC(=O)c1cnc(Cl)cc1Nc1ccccc1[S+](C)[O-]. The van der Waals surface area contributed by atoms with E-state index in [-0.39, 0.29) is 11.1 Å². The van der Waals surface area contributed by atoms with Gasteiger partial charge in [-0.3, -0.25) is 4.79 Å². The number of aromatic nitrogens is 1. The molecule has 1 aromatic heterocycles. The van der Waals surface area contributed by atoms with Crippen LogP contribution in [0.5, 0.6) is 0 Å². The molecule has 1 unspecified atom stereocenters. The van der Waals surface area contributed by atoms with Gasteiger partial charge in [-0.2, -0.15) is 0 Å². The van der Waals surface area contributed by atoms with Crippen molar-refractivity contribution in [2.75, 3.05) is 18.6 Å². The summed E-state index contributed by atoms with van der Waals surface area (Å²) >= 11 is 4.74. The van der Waals surface area contributed by atoms with E-state index in [1.165, 1.54) is 13.2 Å². The molecule has 1 amide bonds. The van der Waals surface area contributed by atoms with E-state index in [9.17, 15) is 9.35 Å². The van der Waals surface area contributed by atoms with Gasteiger partial charge in [0.2, 0.25) is 0 Å². The minimum atomic E-state index is -1.15. The first-order valence-corrected chi connectivity index (χ1v) is 8.03. The number of amides is 1. The Morgan fingerprint density at radius 2 is 2.05 bits per heavy atom. The zero-order chi connectivity index (χ0) is 15.4. The molecule has 0 radical (unpaired) electrons. The lowest BCUT2D eigenvalue weighted by molar-refractivity contribution is 0.0963. The summed E-state index contributed by atoms with van der Waals surface area (Å²) in [6.07, 6.45) is 2.99. The van der Waals surface area contributed by atoms with Gasteiger partial charge >= 0.3 is 0 Å². The molecule has 2 rings (SSSR count). The van der Waals surface area contributed by atoms with Crippen LogP contribution in [0.15, 0.2) is 41.4 Å². The fourth-order valence-corrected chi connectivity index (χ4v) is 2.67. The summed E-state index contributed by atoms with van der Waals surface area (Å²) in [5.41, 5.74) is 1.52. The van der Waals surface area contributed by atoms with E-state index in [0.29, 0.717) is 21.8 Å². The van der Waals surface area contributed by atoms with E-state index in [0.717, 1.165) is 0 Å². The highest BCUT2D eigenvalue weighted by Crippen LogP contribution is 2.27. The molecule has 0 aliphatic heterocycles. The van der Waals surface area contributed by atoms with Crippen molar-refractivity contribution >= 4 is 40.1 Å². The highest BCUT2D eigenvalue weighted by Gasteiger charge is 2.16. The van der Waals surface area contributed by atoms with Gasteiger partial charge in [0.1, 0.15) is 11.4 Å². The minimum Gasteiger partial charge on any atom is -0.612 e. The molecule has 1 heterocycles. The zero-order valence-corrected chi connectivity index (χ0v) is 13.1. The monoisotopic (exact) mass is 323 g/mol. The van der Waals surface area contributed by atoms with Gasteiger partial charge in [-0.25, -0.2) is 4.98 Å². The molecule has 5 nitrogen and oxygen atoms in total. The number of rotatable bonds is 4. The summed E-state index contributed by atoms with van der Waals surface area (Å²) in [4.78, 5) is 16.4. The number of hydrogen-bond donors (Lipinski definition) is 2. The zero-order valence-electron chi connectivity index (χ0n) is 11.5. The minimum absolute atomic E-state index is 0.264. The maximum Gasteiger partial charge on any atom is 0.254 e. The molecule has 21 heavy (non-hydrogen) atoms. The second-order valence-electron chi connectivity index (χ2n) is 4.21. The summed E-state index contributed by atoms with van der Waals surface area (Å²) in [7, 11) is 1.54. The molecule has 0 bridgehead atoms. The van der Waals surface area contributed by atoms with Crippen LogP contribution in [0.4, 0.5) is 11.4 Å². The summed E-state index contributed by atoms with van der Waals surface area (Å²) in [6.45, 7) is 0. The van der Waals surface area contributed by atoms with Gasteiger partial charge in [0.15, 0.2) is 4.90 Å². The first kappa shape index (κ1) is 15.6. The van der Waals surface area contributed by atoms with Gasteiger partial charge in [-0.1, -0.05) is 23.7 Å². The van der Waals surface area contributed by atoms with E-state index in [1.807, 2.05) is 6.07 Å². The number of carbonyl (C=O) groups is 1. The molecule has 0 saturated heterocycles. The van der Waals surface area contributed by atoms with Crippen LogP contribution in [0.3, 0.4) is 0 Å². The third-order valence-corrected chi connectivity index (χ3v) is 3.99. The van der Waals surface area contributed by atoms with Crippen molar-refractivity contribution < 1.29 is 9.35 Å². The Labute approximate surface area is 130 Å². The van der Waals surface area contributed by atoms with Crippen LogP contribution in [0.25, 0.3) is 0 Å². The molecule has 1 aromatic carbocycles. The van der Waals surface area contributed by atoms with Gasteiger partial charge < -0.3 is 15.2 Å². The van der Waals surface area contributed by atoms with E-state index >= 15 is 0 Å². The number of benzene rings is 1. The number of nitrogens with zero attached hydrogens (tertiary/aromatic N) is 1. The summed E-state index contributed by atoms with van der Waals surface area (Å²) in [6, 6.07) is 8.74. The molecular formula is C14H14ClN3O2S. The summed E-state index contributed by atoms with van der Waals surface area (Å²) in [5, 5.41) is 5.91. The molecule has 110 valence electrons. The number of para-hydroxylation sites is 1. The van der Waals surface area contributed by atoms with Crippen molar-refractivity contribution in [1.82, 2.24) is 10.3 Å². The third kappa shape index (κ3) is 3.66. The van der Waals surface area contributed by atoms with E-state index < -0.39 is 11.2 Å². The van der Waals surface area contributed by atoms with Crippen LogP contribution in [-0.4, -0.2) is 28.7 Å². The fraction of sp³-hybridized carbons (Fsp3) is 0.143. The second kappa shape index (κ2) is 6.80. The first-order valence-electron chi connectivity index (χ1n) is 6.10. The predicted octanol–water partition coefficient (Wildman–Crippen LogP) is 2.58. The second-order valence-corrected chi connectivity index (χ2v) is 5.94. The van der Waals surface area contributed by atoms with Crippen LogP contribution in [0.2, 0.25) is 5.15 Å². The Bertz CT molecular complexity index is 664. The average molecular weight is 324 g/mol. The van der Waals surface area contributed by atoms with Gasteiger partial charge in [-0.15, -0.1) is 0 Å². The van der Waals surface area contributed by atoms with Gasteiger partial charge in [0, 0.05) is 13.2 Å². The van der Waals surface area contributed by atoms with Crippen LogP contribution >= 0.6 is 11.6 Å². The fourth-order valence-electron chi connectivity index (χ4n) is 1.81. The average Bonchev–Trinajstić information content (AvgIpc) is 2.47. The largest absolute Gasteiger partial charge is 0.612 e. The van der Waals surface area contributed by atoms with Crippen LogP contribution in [0, 0.1) is 0 Å². The Balaban J connectivity index is 2.44. The highest BCUT2D eigenvalue weighted by molar-refractivity contribution is 7.90. The van der Waals surface area contributed by atoms with E-state index in [1.54, 1.807) is 30.5 Å². The van der Waals surface area contributed by atoms with Crippen molar-refractivity contribution in [3.63, 3.8) is 0 Å². The molecule has 0 spiro atoms. The molecule has 2 N–H and O–H groups in total. The van der Waals surface area contributed by atoms with Gasteiger partial charge in [0.25, 0.3) is 5.91 Å². The lowest BCUT2D eigenvalue weighted by Gasteiger charge is -2.14. The predicted molar refractivity (Wildman–Crippen MR) is 84.7 cm³/mol. The lowest BCUT2D eigenvalue weighted by atomic mass is 10.2. The molecule has 7 heteroatoms. The Hall–Kier alpha value is -1.76. The van der Waals surface area contributed by atoms with Gasteiger partial charge in [0.05, 0.1) is 16.9 Å². The Morgan fingerprint density at radius 1 is 1.33 bits per heavy atom. The number of halogens is 1. The molecule has 2 aromatic rings. The van der Waals surface area contributed by atoms with E-state index in [4.69, 9.17) is 11.6 Å². The van der Waals surface area contributed by atoms with Crippen molar-refractivity contribution in [2.24, 2.45) is 0 Å². The molecular weight excluding hydrogens is 310 g/mol. The first-order chi connectivity index (χ1) is 10.0. The molecule has 0 fully saturated rings. The van der Waals surface area contributed by atoms with Crippen molar-refractivity contribution in [3.8, 4) is 0 Å². The number of pyridine rings is 1. The molecule has 0 saturated carbocycles. The standard InChI is InChI=1S/C14H14ClN3O2S/c1-16-14(19)9-8-17-13(15)7-11(9)18-10-5-3-4-6-12(10)21(2)20/h3-8H,1-2H3,(H,16,19)(H,17,18). The number of nitrogens with one attached hydrogen (secondary N) is 2. The molecule has 1 atom stereocenters. The number of anilines is 2. The van der Waals surface area contributed by atoms with Crippen molar-refractivity contribution in [1.29, 1.82) is 0 Å². The quantitative estimate of drug-likeness (QED) is 0.669.